The molecule has 7 heteroatoms. The normalized spacial score (nSPS) is 15.6. The van der Waals surface area contributed by atoms with Crippen molar-refractivity contribution in [1.29, 1.82) is 0 Å². The number of furan rings is 1. The van der Waals surface area contributed by atoms with Crippen molar-refractivity contribution in [2.45, 2.75) is 0 Å². The van der Waals surface area contributed by atoms with Crippen LogP contribution in [-0.2, 0) is 0 Å². The monoisotopic (exact) mass is 339 g/mol. The third kappa shape index (κ3) is 1.97. The average molecular weight is 340 g/mol. The Bertz CT molecular complexity index is 455. The van der Waals surface area contributed by atoms with E-state index < -0.39 is 5.91 Å². The van der Waals surface area contributed by atoms with Crippen LogP contribution in [0.4, 0.5) is 0 Å². The SMILES string of the molecule is NC(=O)c1cc(C2=C(I)CNN2)c(Cl)o1. The Balaban J connectivity index is 2.45. The van der Waals surface area contributed by atoms with E-state index in [0.717, 1.165) is 9.28 Å². The minimum atomic E-state index is -0.635. The number of hydrazine groups is 1. The van der Waals surface area contributed by atoms with Crippen molar-refractivity contribution in [3.05, 3.63) is 26.2 Å². The summed E-state index contributed by atoms with van der Waals surface area (Å²) in [5.41, 5.74) is 12.4. The summed E-state index contributed by atoms with van der Waals surface area (Å²) in [6.45, 7) is 0.712. The molecule has 2 heterocycles. The number of primary amides is 1. The van der Waals surface area contributed by atoms with Crippen molar-refractivity contribution < 1.29 is 9.21 Å². The molecule has 1 aromatic heterocycles. The van der Waals surface area contributed by atoms with Gasteiger partial charge in [0.15, 0.2) is 5.76 Å². The van der Waals surface area contributed by atoms with Crippen molar-refractivity contribution in [2.24, 2.45) is 5.73 Å². The van der Waals surface area contributed by atoms with E-state index in [4.69, 9.17) is 21.8 Å². The van der Waals surface area contributed by atoms with Gasteiger partial charge in [-0.1, -0.05) is 0 Å². The van der Waals surface area contributed by atoms with E-state index in [1.165, 1.54) is 6.07 Å². The molecule has 0 spiro atoms. The van der Waals surface area contributed by atoms with Gasteiger partial charge in [0, 0.05) is 16.2 Å². The number of halogens is 2. The van der Waals surface area contributed by atoms with Gasteiger partial charge >= 0.3 is 0 Å². The number of carbonyl (C=O) groups excluding carboxylic acids is 1. The Labute approximate surface area is 104 Å². The third-order valence-corrected chi connectivity index (χ3v) is 3.13. The molecule has 0 atom stereocenters. The Morgan fingerprint density at radius 3 is 2.87 bits per heavy atom. The highest BCUT2D eigenvalue weighted by Gasteiger charge is 2.21. The van der Waals surface area contributed by atoms with Crippen LogP contribution >= 0.6 is 34.2 Å². The summed E-state index contributed by atoms with van der Waals surface area (Å²) in [5, 5.41) is 0.157. The molecule has 0 radical (unpaired) electrons. The summed E-state index contributed by atoms with van der Waals surface area (Å²) in [5.74, 6) is -0.579. The summed E-state index contributed by atoms with van der Waals surface area (Å²) in [7, 11) is 0. The van der Waals surface area contributed by atoms with Crippen molar-refractivity contribution in [2.75, 3.05) is 6.54 Å². The van der Waals surface area contributed by atoms with Gasteiger partial charge in [0.2, 0.25) is 5.22 Å². The van der Waals surface area contributed by atoms with Crippen LogP contribution in [0.3, 0.4) is 0 Å². The summed E-state index contributed by atoms with van der Waals surface area (Å²) in [4.78, 5) is 10.9. The maximum absolute atomic E-state index is 10.9. The van der Waals surface area contributed by atoms with Gasteiger partial charge in [-0.2, -0.15) is 0 Å². The summed E-state index contributed by atoms with van der Waals surface area (Å²) < 4.78 is 6.08. The molecular weight excluding hydrogens is 332 g/mol. The fourth-order valence-corrected chi connectivity index (χ4v) is 2.09. The molecule has 1 aliphatic heterocycles. The molecule has 0 saturated heterocycles. The molecule has 0 aliphatic carbocycles. The fourth-order valence-electron chi connectivity index (χ4n) is 1.24. The highest BCUT2D eigenvalue weighted by molar-refractivity contribution is 14.1. The molecule has 0 bridgehead atoms. The van der Waals surface area contributed by atoms with E-state index in [-0.39, 0.29) is 11.0 Å². The maximum Gasteiger partial charge on any atom is 0.284 e. The van der Waals surface area contributed by atoms with Gasteiger partial charge in [-0.3, -0.25) is 4.79 Å². The molecule has 0 fully saturated rings. The number of nitrogens with one attached hydrogen (secondary N) is 2. The minimum Gasteiger partial charge on any atom is -0.439 e. The van der Waals surface area contributed by atoms with Gasteiger partial charge in [-0.25, -0.2) is 5.43 Å². The van der Waals surface area contributed by atoms with Crippen LogP contribution in [0, 0.1) is 0 Å². The molecule has 15 heavy (non-hydrogen) atoms. The van der Waals surface area contributed by atoms with Gasteiger partial charge in [0.1, 0.15) is 0 Å². The topological polar surface area (TPSA) is 80.3 Å². The standard InChI is InChI=1S/C8H7ClIN3O2/c9-7-3(1-5(15-7)8(11)14)6-4(10)2-12-13-6/h1,12-13H,2H2,(H2,11,14). The highest BCUT2D eigenvalue weighted by atomic mass is 127. The number of amides is 1. The highest BCUT2D eigenvalue weighted by Crippen LogP contribution is 2.31. The molecule has 0 unspecified atom stereocenters. The minimum absolute atomic E-state index is 0.0559. The van der Waals surface area contributed by atoms with Crippen LogP contribution in [-0.4, -0.2) is 12.5 Å². The molecule has 1 aromatic rings. The second-order valence-corrected chi connectivity index (χ2v) is 4.57. The zero-order valence-corrected chi connectivity index (χ0v) is 10.3. The van der Waals surface area contributed by atoms with E-state index in [1.807, 2.05) is 0 Å². The van der Waals surface area contributed by atoms with Gasteiger partial charge in [-0.15, -0.1) is 0 Å². The lowest BCUT2D eigenvalue weighted by atomic mass is 10.2. The second-order valence-electron chi connectivity index (χ2n) is 2.92. The first-order chi connectivity index (χ1) is 7.09. The summed E-state index contributed by atoms with van der Waals surface area (Å²) >= 11 is 8.03. The second kappa shape index (κ2) is 4.03. The zero-order valence-electron chi connectivity index (χ0n) is 7.43. The number of carbonyl (C=O) groups is 1. The zero-order chi connectivity index (χ0) is 11.0. The molecular formula is C8H7ClIN3O2. The lowest BCUT2D eigenvalue weighted by Crippen LogP contribution is -2.23. The van der Waals surface area contributed by atoms with E-state index >= 15 is 0 Å². The predicted octanol–water partition coefficient (Wildman–Crippen LogP) is 1.24. The molecule has 1 aliphatic rings. The van der Waals surface area contributed by atoms with Crippen molar-refractivity contribution >= 4 is 45.8 Å². The average Bonchev–Trinajstić information content (AvgIpc) is 2.71. The first-order valence-corrected chi connectivity index (χ1v) is 5.52. The van der Waals surface area contributed by atoms with E-state index in [1.54, 1.807) is 0 Å². The number of hydrogen-bond donors (Lipinski definition) is 3. The molecule has 4 N–H and O–H groups in total. The van der Waals surface area contributed by atoms with E-state index in [2.05, 4.69) is 33.4 Å². The lowest BCUT2D eigenvalue weighted by molar-refractivity contribution is 0.0974. The summed E-state index contributed by atoms with van der Waals surface area (Å²) in [6, 6.07) is 1.53. The van der Waals surface area contributed by atoms with Gasteiger partial charge in [0.05, 0.1) is 11.3 Å². The molecule has 0 saturated carbocycles. The molecule has 5 nitrogen and oxygen atoms in total. The van der Waals surface area contributed by atoms with Crippen LogP contribution in [0.1, 0.15) is 16.1 Å². The Kier molecular flexibility index (Phi) is 2.89. The fraction of sp³-hybridized carbons (Fsp3) is 0.125. The summed E-state index contributed by atoms with van der Waals surface area (Å²) in [6.07, 6.45) is 0. The quantitative estimate of drug-likeness (QED) is 0.708. The first-order valence-electron chi connectivity index (χ1n) is 4.06. The van der Waals surface area contributed by atoms with Crippen LogP contribution in [0.2, 0.25) is 5.22 Å². The van der Waals surface area contributed by atoms with Gasteiger partial charge < -0.3 is 15.6 Å². The molecule has 2 rings (SSSR count). The first kappa shape index (κ1) is 10.8. The van der Waals surface area contributed by atoms with Crippen molar-refractivity contribution in [3.8, 4) is 0 Å². The maximum atomic E-state index is 10.9. The van der Waals surface area contributed by atoms with E-state index in [9.17, 15) is 4.79 Å². The number of nitrogens with two attached hydrogens (primary N) is 1. The molecule has 80 valence electrons. The molecule has 1 amide bonds. The lowest BCUT2D eigenvalue weighted by Gasteiger charge is -2.00. The molecule has 0 aromatic carbocycles. The Morgan fingerprint density at radius 2 is 2.40 bits per heavy atom. The van der Waals surface area contributed by atoms with Crippen molar-refractivity contribution in [3.63, 3.8) is 0 Å². The van der Waals surface area contributed by atoms with Crippen molar-refractivity contribution in [1.82, 2.24) is 10.9 Å². The van der Waals surface area contributed by atoms with E-state index in [0.29, 0.717) is 12.1 Å². The Morgan fingerprint density at radius 1 is 1.67 bits per heavy atom. The number of hydrogen-bond acceptors (Lipinski definition) is 4. The smallest absolute Gasteiger partial charge is 0.284 e. The van der Waals surface area contributed by atoms with Crippen LogP contribution in [0.25, 0.3) is 5.70 Å². The Hall–Kier alpha value is -0.730. The van der Waals surface area contributed by atoms with Crippen LogP contribution in [0.5, 0.6) is 0 Å². The number of rotatable bonds is 2. The van der Waals surface area contributed by atoms with Crippen LogP contribution in [0.15, 0.2) is 14.1 Å². The largest absolute Gasteiger partial charge is 0.439 e. The third-order valence-electron chi connectivity index (χ3n) is 1.93. The van der Waals surface area contributed by atoms with Crippen LogP contribution < -0.4 is 16.6 Å². The predicted molar refractivity (Wildman–Crippen MR) is 64.3 cm³/mol. The van der Waals surface area contributed by atoms with Gasteiger partial charge in [0.25, 0.3) is 5.91 Å². The van der Waals surface area contributed by atoms with Gasteiger partial charge in [-0.05, 0) is 34.2 Å².